The highest BCUT2D eigenvalue weighted by Crippen LogP contribution is 2.27. The maximum Gasteiger partial charge on any atom is 0.410 e. The van der Waals surface area contributed by atoms with Crippen LogP contribution < -0.4 is 5.32 Å². The zero-order valence-electron chi connectivity index (χ0n) is 26.3. The zero-order chi connectivity index (χ0) is 32.8. The molecule has 0 radical (unpaired) electrons. The predicted molar refractivity (Wildman–Crippen MR) is 180 cm³/mol. The number of nitrogens with one attached hydrogen (secondary N) is 1. The fraction of sp³-hybridized carbons (Fsp3) is 0.351. The lowest BCUT2D eigenvalue weighted by atomic mass is 9.86. The van der Waals surface area contributed by atoms with Crippen molar-refractivity contribution in [2.45, 2.75) is 69.9 Å². The van der Waals surface area contributed by atoms with Gasteiger partial charge in [0.25, 0.3) is 0 Å². The van der Waals surface area contributed by atoms with Crippen LogP contribution in [-0.2, 0) is 40.3 Å². The Labute approximate surface area is 279 Å². The molecule has 4 aromatic rings. The van der Waals surface area contributed by atoms with Crippen LogP contribution >= 0.6 is 11.3 Å². The highest BCUT2D eigenvalue weighted by molar-refractivity contribution is 7.09. The highest BCUT2D eigenvalue weighted by atomic mass is 32.1. The molecule has 246 valence electrons. The number of carbonyl (C=O) groups excluding carboxylic acids is 3. The van der Waals surface area contributed by atoms with Gasteiger partial charge in [0.2, 0.25) is 0 Å². The number of carbonyl (C=O) groups is 3. The number of aromatic nitrogens is 1. The number of likely N-dealkylation sites (tertiary alicyclic amines) is 1. The summed E-state index contributed by atoms with van der Waals surface area (Å²) in [6.07, 6.45) is 2.73. The van der Waals surface area contributed by atoms with Gasteiger partial charge in [-0.1, -0.05) is 91.0 Å². The first kappa shape index (κ1) is 33.8. The lowest BCUT2D eigenvalue weighted by Crippen LogP contribution is -2.41. The van der Waals surface area contributed by atoms with Crippen molar-refractivity contribution >= 4 is 29.3 Å². The first-order chi connectivity index (χ1) is 22.9. The summed E-state index contributed by atoms with van der Waals surface area (Å²) in [5.74, 6) is -0.159. The number of amides is 2. The van der Waals surface area contributed by atoms with Gasteiger partial charge in [0, 0.05) is 25.1 Å². The topological polar surface area (TPSA) is 118 Å². The minimum Gasteiger partial charge on any atom is -0.445 e. The van der Waals surface area contributed by atoms with Gasteiger partial charge in [0.05, 0.1) is 29.1 Å². The Balaban J connectivity index is 1.25. The van der Waals surface area contributed by atoms with Crippen molar-refractivity contribution in [3.05, 3.63) is 124 Å². The molecule has 0 saturated carbocycles. The van der Waals surface area contributed by atoms with Crippen LogP contribution in [0.15, 0.2) is 103 Å². The second-order valence-electron chi connectivity index (χ2n) is 12.0. The Morgan fingerprint density at radius 3 is 2.13 bits per heavy atom. The number of benzene rings is 3. The normalized spacial score (nSPS) is 17.1. The lowest BCUT2D eigenvalue weighted by molar-refractivity contribution is -0.124. The molecule has 5 rings (SSSR count). The van der Waals surface area contributed by atoms with Gasteiger partial charge in [-0.15, -0.1) is 11.3 Å². The first-order valence-electron chi connectivity index (χ1n) is 16.0. The third-order valence-electron chi connectivity index (χ3n) is 8.35. The quantitative estimate of drug-likeness (QED) is 0.153. The zero-order valence-corrected chi connectivity index (χ0v) is 27.1. The van der Waals surface area contributed by atoms with E-state index in [0.717, 1.165) is 21.6 Å². The Morgan fingerprint density at radius 2 is 1.49 bits per heavy atom. The Morgan fingerprint density at radius 1 is 0.851 bits per heavy atom. The van der Waals surface area contributed by atoms with Crippen molar-refractivity contribution in [2.24, 2.45) is 5.92 Å². The fourth-order valence-corrected chi connectivity index (χ4v) is 6.49. The third kappa shape index (κ3) is 10.8. The van der Waals surface area contributed by atoms with Crippen LogP contribution in [-0.4, -0.2) is 57.7 Å². The van der Waals surface area contributed by atoms with Crippen molar-refractivity contribution in [1.29, 1.82) is 0 Å². The molecule has 1 aromatic heterocycles. The number of alkyl carbamates (subject to hydrolysis) is 1. The number of aliphatic hydroxyl groups excluding tert-OH is 1. The number of nitrogens with zero attached hydrogens (tertiary/aromatic N) is 2. The molecule has 1 aliphatic heterocycles. The van der Waals surface area contributed by atoms with Gasteiger partial charge in [-0.3, -0.25) is 14.7 Å². The van der Waals surface area contributed by atoms with Gasteiger partial charge in [-0.25, -0.2) is 9.59 Å². The molecule has 4 atom stereocenters. The summed E-state index contributed by atoms with van der Waals surface area (Å²) < 4.78 is 11.0. The van der Waals surface area contributed by atoms with Gasteiger partial charge in [0.15, 0.2) is 5.78 Å². The summed E-state index contributed by atoms with van der Waals surface area (Å²) in [5, 5.41) is 13.5. The third-order valence-corrected chi connectivity index (χ3v) is 9.10. The molecule has 9 nitrogen and oxygen atoms in total. The lowest BCUT2D eigenvalue weighted by Gasteiger charge is -2.26. The van der Waals surface area contributed by atoms with Gasteiger partial charge in [0.1, 0.15) is 13.2 Å². The smallest absolute Gasteiger partial charge is 0.410 e. The number of β-amino-alcohol motifs (C(OH)–C–C–N with tert-alkyl or cyclic N) is 1. The molecule has 10 heteroatoms. The largest absolute Gasteiger partial charge is 0.445 e. The molecule has 0 bridgehead atoms. The number of hydrogen-bond acceptors (Lipinski definition) is 8. The SMILES string of the molecule is O=C(N[C@H](CC[C@@H](CC(=O)[C@@H]1C[C@@H](O)CN1C(=O)OCc1ccccc1)Cc1ccccc1)Cc1ccccc1)OCc1cncs1. The number of ether oxygens (including phenoxy) is 2. The molecule has 2 heterocycles. The van der Waals surface area contributed by atoms with Gasteiger partial charge in [-0.05, 0) is 48.3 Å². The van der Waals surface area contributed by atoms with Crippen molar-refractivity contribution < 1.29 is 29.0 Å². The molecule has 0 unspecified atom stereocenters. The van der Waals surface area contributed by atoms with Gasteiger partial charge < -0.3 is 19.9 Å². The molecule has 2 N–H and O–H groups in total. The van der Waals surface area contributed by atoms with E-state index in [0.29, 0.717) is 25.7 Å². The van der Waals surface area contributed by atoms with Crippen molar-refractivity contribution in [3.63, 3.8) is 0 Å². The van der Waals surface area contributed by atoms with Gasteiger partial charge in [-0.2, -0.15) is 0 Å². The highest BCUT2D eigenvalue weighted by Gasteiger charge is 2.40. The minimum atomic E-state index is -0.795. The number of hydrogen-bond donors (Lipinski definition) is 2. The summed E-state index contributed by atoms with van der Waals surface area (Å²) in [7, 11) is 0. The average molecular weight is 656 g/mol. The first-order valence-corrected chi connectivity index (χ1v) is 16.9. The molecular formula is C37H41N3O6S. The fourth-order valence-electron chi connectivity index (χ4n) is 5.99. The molecule has 0 aliphatic carbocycles. The van der Waals surface area contributed by atoms with E-state index in [2.05, 4.69) is 10.3 Å². The number of rotatable bonds is 15. The molecule has 1 saturated heterocycles. The van der Waals surface area contributed by atoms with Crippen LogP contribution in [0.1, 0.15) is 47.3 Å². The van der Waals surface area contributed by atoms with E-state index in [1.54, 1.807) is 11.7 Å². The Kier molecular flexibility index (Phi) is 12.5. The van der Waals surface area contributed by atoms with E-state index in [9.17, 15) is 19.5 Å². The Hall–Kier alpha value is -4.54. The number of ketones is 1. The molecule has 0 spiro atoms. The number of aliphatic hydroxyl groups is 1. The summed E-state index contributed by atoms with van der Waals surface area (Å²) in [6.45, 7) is 0.295. The molecule has 2 amide bonds. The molecule has 1 fully saturated rings. The van der Waals surface area contributed by atoms with E-state index >= 15 is 0 Å². The minimum absolute atomic E-state index is 0.0557. The maximum atomic E-state index is 13.8. The summed E-state index contributed by atoms with van der Waals surface area (Å²) in [4.78, 5) is 46.0. The molecule has 1 aliphatic rings. The second-order valence-corrected chi connectivity index (χ2v) is 12.9. The number of Topliss-reactive ketones (excluding diaryl/α,β-unsaturated/α-hetero) is 1. The molecular weight excluding hydrogens is 614 g/mol. The van der Waals surface area contributed by atoms with Crippen molar-refractivity contribution in [2.75, 3.05) is 6.54 Å². The summed E-state index contributed by atoms with van der Waals surface area (Å²) >= 11 is 1.42. The van der Waals surface area contributed by atoms with Crippen LogP contribution in [0.25, 0.3) is 0 Å². The predicted octanol–water partition coefficient (Wildman–Crippen LogP) is 6.35. The molecule has 3 aromatic carbocycles. The van der Waals surface area contributed by atoms with E-state index in [-0.39, 0.29) is 50.3 Å². The van der Waals surface area contributed by atoms with Gasteiger partial charge >= 0.3 is 12.2 Å². The van der Waals surface area contributed by atoms with Crippen LogP contribution in [0.4, 0.5) is 9.59 Å². The molecule has 47 heavy (non-hydrogen) atoms. The van der Waals surface area contributed by atoms with E-state index in [1.165, 1.54) is 16.2 Å². The van der Waals surface area contributed by atoms with E-state index in [1.807, 2.05) is 91.0 Å². The monoisotopic (exact) mass is 655 g/mol. The van der Waals surface area contributed by atoms with Crippen LogP contribution in [0, 0.1) is 5.92 Å². The summed E-state index contributed by atoms with van der Waals surface area (Å²) in [6, 6.07) is 28.3. The summed E-state index contributed by atoms with van der Waals surface area (Å²) in [5.41, 5.74) is 4.73. The van der Waals surface area contributed by atoms with E-state index in [4.69, 9.17) is 9.47 Å². The number of thiazole rings is 1. The Bertz CT molecular complexity index is 1540. The van der Waals surface area contributed by atoms with Crippen LogP contribution in [0.3, 0.4) is 0 Å². The average Bonchev–Trinajstić information content (AvgIpc) is 3.76. The van der Waals surface area contributed by atoms with Crippen LogP contribution in [0.5, 0.6) is 0 Å². The second kappa shape index (κ2) is 17.4. The van der Waals surface area contributed by atoms with E-state index < -0.39 is 24.3 Å². The van der Waals surface area contributed by atoms with Crippen molar-refractivity contribution in [3.8, 4) is 0 Å². The maximum absolute atomic E-state index is 13.8. The van der Waals surface area contributed by atoms with Crippen LogP contribution in [0.2, 0.25) is 0 Å². The van der Waals surface area contributed by atoms with Crippen molar-refractivity contribution in [1.82, 2.24) is 15.2 Å². The standard InChI is InChI=1S/C37H41N3O6S/c41-32-21-34(40(23-32)37(44)46-24-29-14-8-3-9-15-29)35(42)20-30(18-27-10-4-1-5-11-27)16-17-31(19-28-12-6-2-7-13-28)39-36(43)45-25-33-22-38-26-47-33/h1-15,22,26,30-32,34,41H,16-21,23-25H2,(H,39,43)/t30-,31-,32-,34+/m1/s1.